The van der Waals surface area contributed by atoms with Gasteiger partial charge in [-0.1, -0.05) is 13.0 Å². The molecule has 2 rings (SSSR count). The average Bonchev–Trinajstić information content (AvgIpc) is 2.68. The molecule has 0 bridgehead atoms. The number of carbonyl (C=O) groups excluding carboxylic acids is 2. The number of hydrogen-bond acceptors (Lipinski definition) is 4. The molecule has 1 N–H and O–H groups in total. The molecule has 1 aromatic rings. The molecule has 1 aliphatic rings. The number of aromatic hydroxyl groups is 1. The molecule has 1 heterocycles. The lowest BCUT2D eigenvalue weighted by atomic mass is 10.1. The maximum Gasteiger partial charge on any atom is 0.419 e. The van der Waals surface area contributed by atoms with E-state index in [9.17, 15) is 27.9 Å². The molecule has 8 heteroatoms. The molecule has 1 aliphatic heterocycles. The maximum atomic E-state index is 12.7. The van der Waals surface area contributed by atoms with Gasteiger partial charge in [0.25, 0.3) is 11.1 Å². The van der Waals surface area contributed by atoms with Crippen molar-refractivity contribution in [1.29, 1.82) is 0 Å². The quantitative estimate of drug-likeness (QED) is 0.855. The molecule has 0 saturated carbocycles. The number of alkyl halides is 3. The predicted molar refractivity (Wildman–Crippen MR) is 76.1 cm³/mol. The van der Waals surface area contributed by atoms with E-state index in [2.05, 4.69) is 0 Å². The van der Waals surface area contributed by atoms with E-state index in [1.165, 1.54) is 12.1 Å². The van der Waals surface area contributed by atoms with Gasteiger partial charge in [0, 0.05) is 6.54 Å². The molecule has 0 unspecified atom stereocenters. The third-order valence-corrected chi connectivity index (χ3v) is 3.85. The first-order chi connectivity index (χ1) is 10.2. The number of imide groups is 1. The van der Waals surface area contributed by atoms with Crippen molar-refractivity contribution in [3.63, 3.8) is 0 Å². The van der Waals surface area contributed by atoms with E-state index >= 15 is 0 Å². The van der Waals surface area contributed by atoms with Gasteiger partial charge in [0.15, 0.2) is 0 Å². The summed E-state index contributed by atoms with van der Waals surface area (Å²) >= 11 is 0.689. The lowest BCUT2D eigenvalue weighted by Crippen LogP contribution is -2.28. The minimum Gasteiger partial charge on any atom is -0.507 e. The summed E-state index contributed by atoms with van der Waals surface area (Å²) in [6.45, 7) is 2.08. The third-order valence-electron chi connectivity index (χ3n) is 2.94. The fourth-order valence-corrected chi connectivity index (χ4v) is 2.80. The van der Waals surface area contributed by atoms with E-state index in [1.54, 1.807) is 0 Å². The van der Waals surface area contributed by atoms with E-state index in [0.29, 0.717) is 18.2 Å². The zero-order valence-electron chi connectivity index (χ0n) is 11.5. The zero-order valence-corrected chi connectivity index (χ0v) is 12.3. The number of amides is 2. The van der Waals surface area contributed by atoms with Gasteiger partial charge in [0.1, 0.15) is 5.75 Å². The molecule has 1 fully saturated rings. The number of rotatable bonds is 3. The third kappa shape index (κ3) is 3.27. The van der Waals surface area contributed by atoms with Crippen LogP contribution in [0.2, 0.25) is 0 Å². The molecule has 0 atom stereocenters. The van der Waals surface area contributed by atoms with Crippen molar-refractivity contribution in [2.45, 2.75) is 19.5 Å². The van der Waals surface area contributed by atoms with Crippen molar-refractivity contribution in [2.24, 2.45) is 0 Å². The van der Waals surface area contributed by atoms with Crippen molar-refractivity contribution >= 4 is 29.0 Å². The second kappa shape index (κ2) is 6.04. The van der Waals surface area contributed by atoms with Gasteiger partial charge in [0.2, 0.25) is 0 Å². The van der Waals surface area contributed by atoms with Crippen LogP contribution in [0.3, 0.4) is 0 Å². The molecule has 0 spiro atoms. The van der Waals surface area contributed by atoms with E-state index in [-0.39, 0.29) is 17.0 Å². The molecule has 118 valence electrons. The summed E-state index contributed by atoms with van der Waals surface area (Å²) in [5, 5.41) is 8.83. The Kier molecular flexibility index (Phi) is 4.50. The normalized spacial score (nSPS) is 17.6. The van der Waals surface area contributed by atoms with Crippen LogP contribution in [-0.4, -0.2) is 27.7 Å². The number of hydrogen-bond donors (Lipinski definition) is 1. The molecule has 1 aromatic carbocycles. The summed E-state index contributed by atoms with van der Waals surface area (Å²) < 4.78 is 38.2. The number of phenols is 1. The van der Waals surface area contributed by atoms with Crippen LogP contribution in [0, 0.1) is 0 Å². The van der Waals surface area contributed by atoms with Crippen molar-refractivity contribution < 1.29 is 27.9 Å². The molecule has 1 saturated heterocycles. The molecular formula is C14H12F3NO3S. The Hall–Kier alpha value is -1.96. The highest BCUT2D eigenvalue weighted by atomic mass is 32.2. The van der Waals surface area contributed by atoms with Crippen LogP contribution in [0.5, 0.6) is 5.75 Å². The monoisotopic (exact) mass is 331 g/mol. The lowest BCUT2D eigenvalue weighted by molar-refractivity contribution is -0.138. The van der Waals surface area contributed by atoms with Gasteiger partial charge < -0.3 is 5.11 Å². The Morgan fingerprint density at radius 1 is 1.32 bits per heavy atom. The van der Waals surface area contributed by atoms with E-state index in [4.69, 9.17) is 0 Å². The van der Waals surface area contributed by atoms with Gasteiger partial charge in [-0.05, 0) is 42.0 Å². The van der Waals surface area contributed by atoms with Crippen LogP contribution >= 0.6 is 11.8 Å². The largest absolute Gasteiger partial charge is 0.507 e. The van der Waals surface area contributed by atoms with E-state index in [1.807, 2.05) is 6.92 Å². The van der Waals surface area contributed by atoms with Crippen LogP contribution in [0.25, 0.3) is 6.08 Å². The van der Waals surface area contributed by atoms with Crippen molar-refractivity contribution in [2.75, 3.05) is 6.54 Å². The highest BCUT2D eigenvalue weighted by Crippen LogP contribution is 2.37. The van der Waals surface area contributed by atoms with Crippen LogP contribution in [0.1, 0.15) is 24.5 Å². The van der Waals surface area contributed by atoms with E-state index < -0.39 is 28.6 Å². The summed E-state index contributed by atoms with van der Waals surface area (Å²) in [5.41, 5.74) is -1.10. The fraction of sp³-hybridized carbons (Fsp3) is 0.286. The number of phenolic OH excluding ortho intramolecular Hbond substituents is 1. The van der Waals surface area contributed by atoms with Gasteiger partial charge in [-0.3, -0.25) is 14.5 Å². The van der Waals surface area contributed by atoms with Crippen LogP contribution in [0.4, 0.5) is 18.0 Å². The highest BCUT2D eigenvalue weighted by Gasteiger charge is 2.36. The van der Waals surface area contributed by atoms with Gasteiger partial charge >= 0.3 is 6.18 Å². The summed E-state index contributed by atoms with van der Waals surface area (Å²) in [6.07, 6.45) is -2.88. The van der Waals surface area contributed by atoms with Gasteiger partial charge in [-0.25, -0.2) is 0 Å². The molecule has 2 amide bonds. The standard InChI is InChI=1S/C14H12F3NO3S/c1-2-5-18-12(20)11(22-13(18)21)7-8-3-4-10(19)9(6-8)14(15,16)17/h3-4,6-7,19H,2,5H2,1H3. The summed E-state index contributed by atoms with van der Waals surface area (Å²) in [7, 11) is 0. The topological polar surface area (TPSA) is 57.6 Å². The molecule has 4 nitrogen and oxygen atoms in total. The Morgan fingerprint density at radius 2 is 2.00 bits per heavy atom. The van der Waals surface area contributed by atoms with Crippen LogP contribution in [0.15, 0.2) is 23.1 Å². The minimum absolute atomic E-state index is 0.0669. The fourth-order valence-electron chi connectivity index (χ4n) is 1.94. The Morgan fingerprint density at radius 3 is 2.59 bits per heavy atom. The number of halogens is 3. The molecule has 22 heavy (non-hydrogen) atoms. The first-order valence-electron chi connectivity index (χ1n) is 6.39. The number of nitrogens with zero attached hydrogens (tertiary/aromatic N) is 1. The first-order valence-corrected chi connectivity index (χ1v) is 7.21. The zero-order chi connectivity index (χ0) is 16.5. The van der Waals surface area contributed by atoms with Gasteiger partial charge in [-0.2, -0.15) is 13.2 Å². The second-order valence-corrected chi connectivity index (χ2v) is 5.60. The SMILES string of the molecule is CCCN1C(=O)SC(=Cc2ccc(O)c(C(F)(F)F)c2)C1=O. The average molecular weight is 331 g/mol. The number of benzene rings is 1. The number of thioether (sulfide) groups is 1. The van der Waals surface area contributed by atoms with Gasteiger partial charge in [0.05, 0.1) is 10.5 Å². The summed E-state index contributed by atoms with van der Waals surface area (Å²) in [5.74, 6) is -1.40. The lowest BCUT2D eigenvalue weighted by Gasteiger charge is -2.10. The van der Waals surface area contributed by atoms with E-state index in [0.717, 1.165) is 17.0 Å². The Bertz CT molecular complexity index is 655. The van der Waals surface area contributed by atoms with Crippen molar-refractivity contribution in [3.05, 3.63) is 34.2 Å². The number of carbonyl (C=O) groups is 2. The van der Waals surface area contributed by atoms with Crippen LogP contribution in [-0.2, 0) is 11.0 Å². The van der Waals surface area contributed by atoms with Crippen molar-refractivity contribution in [3.8, 4) is 5.75 Å². The maximum absolute atomic E-state index is 12.7. The second-order valence-electron chi connectivity index (χ2n) is 4.61. The minimum atomic E-state index is -4.70. The Labute approximate surface area is 128 Å². The molecule has 0 radical (unpaired) electrons. The molecule has 0 aromatic heterocycles. The molecule has 0 aliphatic carbocycles. The predicted octanol–water partition coefficient (Wildman–Crippen LogP) is 3.86. The highest BCUT2D eigenvalue weighted by molar-refractivity contribution is 8.18. The smallest absolute Gasteiger partial charge is 0.419 e. The molecular weight excluding hydrogens is 319 g/mol. The summed E-state index contributed by atoms with van der Waals surface area (Å²) in [4.78, 5) is 24.8. The summed E-state index contributed by atoms with van der Waals surface area (Å²) in [6, 6.07) is 2.90. The Balaban J connectivity index is 2.35. The van der Waals surface area contributed by atoms with Gasteiger partial charge in [-0.15, -0.1) is 0 Å². The van der Waals surface area contributed by atoms with Crippen LogP contribution < -0.4 is 0 Å². The first kappa shape index (κ1) is 16.4. The van der Waals surface area contributed by atoms with Crippen molar-refractivity contribution in [1.82, 2.24) is 4.90 Å².